The molecule has 128 valence electrons. The third-order valence-electron chi connectivity index (χ3n) is 3.99. The summed E-state index contributed by atoms with van der Waals surface area (Å²) in [4.78, 5) is 14.2. The topological polar surface area (TPSA) is 50.8 Å². The first-order valence-corrected chi connectivity index (χ1v) is 8.47. The highest BCUT2D eigenvalue weighted by molar-refractivity contribution is 6.30. The minimum atomic E-state index is -0.0962. The van der Waals surface area contributed by atoms with Crippen LogP contribution in [0.1, 0.15) is 5.56 Å². The number of amides is 1. The Labute approximate surface area is 146 Å². The van der Waals surface area contributed by atoms with E-state index in [1.165, 1.54) is 0 Å². The molecule has 0 unspecified atom stereocenters. The van der Waals surface area contributed by atoms with Gasteiger partial charge in [0.2, 0.25) is 5.91 Å². The summed E-state index contributed by atoms with van der Waals surface area (Å²) in [6, 6.07) is 5.51. The number of ether oxygens (including phenoxy) is 2. The molecule has 0 saturated carbocycles. The van der Waals surface area contributed by atoms with Crippen molar-refractivity contribution in [1.82, 2.24) is 10.2 Å². The predicted octanol–water partition coefficient (Wildman–Crippen LogP) is 2.12. The van der Waals surface area contributed by atoms with E-state index in [4.69, 9.17) is 21.1 Å². The number of carbonyl (C=O) groups is 1. The number of hydrogen-bond acceptors (Lipinski definition) is 4. The summed E-state index contributed by atoms with van der Waals surface area (Å²) >= 11 is 5.99. The SMILES string of the molecule is O=C(/C=C\C1=Cc2cc(Cl)ccc2OC1)NCCN1CCOCC1. The minimum Gasteiger partial charge on any atom is -0.488 e. The zero-order valence-corrected chi connectivity index (χ0v) is 14.2. The van der Waals surface area contributed by atoms with Crippen molar-refractivity contribution in [2.24, 2.45) is 0 Å². The van der Waals surface area contributed by atoms with E-state index in [0.29, 0.717) is 18.2 Å². The fourth-order valence-electron chi connectivity index (χ4n) is 2.67. The summed E-state index contributed by atoms with van der Waals surface area (Å²) in [7, 11) is 0. The van der Waals surface area contributed by atoms with E-state index < -0.39 is 0 Å². The number of rotatable bonds is 5. The summed E-state index contributed by atoms with van der Waals surface area (Å²) in [6.45, 7) is 5.33. The number of benzene rings is 1. The molecule has 0 radical (unpaired) electrons. The van der Waals surface area contributed by atoms with Gasteiger partial charge in [0.1, 0.15) is 12.4 Å². The molecule has 1 aromatic rings. The van der Waals surface area contributed by atoms with Gasteiger partial charge in [-0.3, -0.25) is 9.69 Å². The van der Waals surface area contributed by atoms with Gasteiger partial charge in [-0.1, -0.05) is 17.7 Å². The van der Waals surface area contributed by atoms with Gasteiger partial charge in [-0.05, 0) is 29.8 Å². The largest absolute Gasteiger partial charge is 0.488 e. The van der Waals surface area contributed by atoms with Crippen LogP contribution in [0, 0.1) is 0 Å². The van der Waals surface area contributed by atoms with Gasteiger partial charge >= 0.3 is 0 Å². The summed E-state index contributed by atoms with van der Waals surface area (Å²) in [6.07, 6.45) is 5.32. The van der Waals surface area contributed by atoms with Crippen LogP contribution in [0.15, 0.2) is 35.9 Å². The van der Waals surface area contributed by atoms with E-state index in [9.17, 15) is 4.79 Å². The first kappa shape index (κ1) is 17.0. The van der Waals surface area contributed by atoms with E-state index >= 15 is 0 Å². The monoisotopic (exact) mass is 348 g/mol. The van der Waals surface area contributed by atoms with Gasteiger partial charge in [0, 0.05) is 42.8 Å². The van der Waals surface area contributed by atoms with E-state index in [1.54, 1.807) is 18.2 Å². The summed E-state index contributed by atoms with van der Waals surface area (Å²) in [5.41, 5.74) is 1.87. The normalized spacial score (nSPS) is 18.0. The lowest BCUT2D eigenvalue weighted by molar-refractivity contribution is -0.116. The highest BCUT2D eigenvalue weighted by atomic mass is 35.5. The molecule has 1 fully saturated rings. The van der Waals surface area contributed by atoms with Crippen LogP contribution in [0.3, 0.4) is 0 Å². The molecular weight excluding hydrogens is 328 g/mol. The van der Waals surface area contributed by atoms with Crippen molar-refractivity contribution >= 4 is 23.6 Å². The Morgan fingerprint density at radius 2 is 2.17 bits per heavy atom. The lowest BCUT2D eigenvalue weighted by Gasteiger charge is -2.26. The number of fused-ring (bicyclic) bond motifs is 1. The standard InChI is InChI=1S/C18H21ClN2O3/c19-16-2-3-17-15(12-16)11-14(13-24-17)1-4-18(22)20-5-6-21-7-9-23-10-8-21/h1-4,11-12H,5-10,13H2,(H,20,22)/b4-1-. The molecule has 1 saturated heterocycles. The maximum absolute atomic E-state index is 11.9. The molecule has 2 aliphatic heterocycles. The number of halogens is 1. The first-order chi connectivity index (χ1) is 11.7. The highest BCUT2D eigenvalue weighted by Gasteiger charge is 2.11. The Morgan fingerprint density at radius 3 is 3.00 bits per heavy atom. The van der Waals surface area contributed by atoms with Gasteiger partial charge in [-0.15, -0.1) is 0 Å². The quantitative estimate of drug-likeness (QED) is 0.828. The maximum Gasteiger partial charge on any atom is 0.244 e. The molecule has 24 heavy (non-hydrogen) atoms. The molecule has 0 bridgehead atoms. The fraction of sp³-hybridized carbons (Fsp3) is 0.389. The van der Waals surface area contributed by atoms with Gasteiger partial charge in [-0.2, -0.15) is 0 Å². The van der Waals surface area contributed by atoms with Crippen LogP contribution in [-0.2, 0) is 9.53 Å². The Bertz CT molecular complexity index is 652. The van der Waals surface area contributed by atoms with Crippen molar-refractivity contribution in [2.45, 2.75) is 0 Å². The van der Waals surface area contributed by atoms with Crippen molar-refractivity contribution in [3.63, 3.8) is 0 Å². The molecule has 3 rings (SSSR count). The molecule has 6 heteroatoms. The van der Waals surface area contributed by atoms with Crippen LogP contribution in [-0.4, -0.2) is 56.8 Å². The average Bonchev–Trinajstić information content (AvgIpc) is 2.60. The lowest BCUT2D eigenvalue weighted by Crippen LogP contribution is -2.41. The molecule has 2 heterocycles. The van der Waals surface area contributed by atoms with Crippen LogP contribution >= 0.6 is 11.6 Å². The molecule has 2 aliphatic rings. The number of carbonyl (C=O) groups excluding carboxylic acids is 1. The van der Waals surface area contributed by atoms with Crippen LogP contribution in [0.2, 0.25) is 5.02 Å². The second kappa shape index (κ2) is 8.33. The van der Waals surface area contributed by atoms with Crippen molar-refractivity contribution in [2.75, 3.05) is 46.0 Å². The van der Waals surface area contributed by atoms with Gasteiger partial charge in [0.05, 0.1) is 13.2 Å². The molecule has 5 nitrogen and oxygen atoms in total. The molecule has 1 amide bonds. The highest BCUT2D eigenvalue weighted by Crippen LogP contribution is 2.29. The summed E-state index contributed by atoms with van der Waals surface area (Å²) in [5, 5.41) is 3.57. The summed E-state index contributed by atoms with van der Waals surface area (Å²) < 4.78 is 11.0. The van der Waals surface area contributed by atoms with E-state index in [-0.39, 0.29) is 5.91 Å². The van der Waals surface area contributed by atoms with Gasteiger partial charge < -0.3 is 14.8 Å². The van der Waals surface area contributed by atoms with Gasteiger partial charge in [-0.25, -0.2) is 0 Å². The molecule has 0 atom stereocenters. The Kier molecular flexibility index (Phi) is 5.91. The van der Waals surface area contributed by atoms with E-state index in [2.05, 4.69) is 10.2 Å². The van der Waals surface area contributed by atoms with E-state index in [1.807, 2.05) is 18.2 Å². The molecule has 1 N–H and O–H groups in total. The molecule has 0 aromatic heterocycles. The number of hydrogen-bond donors (Lipinski definition) is 1. The molecular formula is C18H21ClN2O3. The zero-order chi connectivity index (χ0) is 16.8. The number of morpholine rings is 1. The van der Waals surface area contributed by atoms with Crippen molar-refractivity contribution in [3.8, 4) is 5.75 Å². The van der Waals surface area contributed by atoms with Crippen LogP contribution in [0.4, 0.5) is 0 Å². The fourth-order valence-corrected chi connectivity index (χ4v) is 2.85. The Balaban J connectivity index is 1.47. The average molecular weight is 349 g/mol. The van der Waals surface area contributed by atoms with Gasteiger partial charge in [0.25, 0.3) is 0 Å². The smallest absolute Gasteiger partial charge is 0.244 e. The second-order valence-electron chi connectivity index (χ2n) is 5.77. The first-order valence-electron chi connectivity index (χ1n) is 8.10. The molecule has 1 aromatic carbocycles. The Hall–Kier alpha value is -1.82. The molecule has 0 spiro atoms. The third-order valence-corrected chi connectivity index (χ3v) is 4.22. The van der Waals surface area contributed by atoms with Crippen molar-refractivity contribution in [3.05, 3.63) is 46.5 Å². The van der Waals surface area contributed by atoms with Crippen LogP contribution < -0.4 is 10.1 Å². The van der Waals surface area contributed by atoms with Crippen molar-refractivity contribution < 1.29 is 14.3 Å². The lowest BCUT2D eigenvalue weighted by atomic mass is 10.1. The van der Waals surface area contributed by atoms with Gasteiger partial charge in [0.15, 0.2) is 0 Å². The predicted molar refractivity (Wildman–Crippen MR) is 94.3 cm³/mol. The minimum absolute atomic E-state index is 0.0962. The van der Waals surface area contributed by atoms with E-state index in [0.717, 1.165) is 49.7 Å². The third kappa shape index (κ3) is 4.84. The Morgan fingerprint density at radius 1 is 1.33 bits per heavy atom. The van der Waals surface area contributed by atoms with Crippen LogP contribution in [0.25, 0.3) is 6.08 Å². The second-order valence-corrected chi connectivity index (χ2v) is 6.20. The molecule has 0 aliphatic carbocycles. The number of nitrogens with one attached hydrogen (secondary N) is 1. The maximum atomic E-state index is 11.9. The van der Waals surface area contributed by atoms with Crippen LogP contribution in [0.5, 0.6) is 5.75 Å². The zero-order valence-electron chi connectivity index (χ0n) is 13.5. The van der Waals surface area contributed by atoms with Crippen molar-refractivity contribution in [1.29, 1.82) is 0 Å². The number of nitrogens with zero attached hydrogens (tertiary/aromatic N) is 1. The summed E-state index contributed by atoms with van der Waals surface area (Å²) in [5.74, 6) is 0.715.